The lowest BCUT2D eigenvalue weighted by molar-refractivity contribution is -0.119. The highest BCUT2D eigenvalue weighted by Crippen LogP contribution is 2.05. The lowest BCUT2D eigenvalue weighted by Crippen LogP contribution is -2.33. The average Bonchev–Trinajstić information content (AvgIpc) is 2.12. The molecule has 0 fully saturated rings. The van der Waals surface area contributed by atoms with Crippen LogP contribution in [0.5, 0.6) is 0 Å². The fraction of sp³-hybridized carbons (Fsp3) is 0.556. The van der Waals surface area contributed by atoms with Gasteiger partial charge in [-0.05, 0) is 25.8 Å². The van der Waals surface area contributed by atoms with E-state index in [1.807, 2.05) is 6.07 Å². The number of hydrogen-bond acceptors (Lipinski definition) is 2. The molecule has 4 heteroatoms. The molecule has 0 rings (SSSR count). The molecule has 1 atom stereocenters. The highest BCUT2D eigenvalue weighted by Gasteiger charge is 2.14. The predicted octanol–water partition coefficient (Wildman–Crippen LogP) is 1.67. The lowest BCUT2D eigenvalue weighted by Gasteiger charge is -2.07. The number of rotatable bonds is 3. The van der Waals surface area contributed by atoms with Gasteiger partial charge in [-0.3, -0.25) is 4.79 Å². The first-order valence-corrected chi connectivity index (χ1v) is 4.06. The largest absolute Gasteiger partial charge is 0.334 e. The number of nitrogens with one attached hydrogen (secondary N) is 1. The fourth-order valence-corrected chi connectivity index (χ4v) is 0.674. The molecule has 0 aliphatic carbocycles. The average molecular weight is 184 g/mol. The van der Waals surface area contributed by atoms with E-state index in [1.54, 1.807) is 6.92 Å². The second-order valence-electron chi connectivity index (χ2n) is 2.88. The normalized spacial score (nSPS) is 11.3. The summed E-state index contributed by atoms with van der Waals surface area (Å²) >= 11 is 0. The number of halogens is 1. The fourth-order valence-electron chi connectivity index (χ4n) is 0.674. The Balaban J connectivity index is 4.33. The van der Waals surface area contributed by atoms with Gasteiger partial charge in [0.15, 0.2) is 5.83 Å². The van der Waals surface area contributed by atoms with Gasteiger partial charge in [-0.1, -0.05) is 6.92 Å². The van der Waals surface area contributed by atoms with Gasteiger partial charge in [-0.15, -0.1) is 0 Å². The van der Waals surface area contributed by atoms with Crippen molar-refractivity contribution < 1.29 is 9.18 Å². The van der Waals surface area contributed by atoms with Crippen LogP contribution in [0.4, 0.5) is 4.39 Å². The first-order valence-electron chi connectivity index (χ1n) is 4.06. The number of nitriles is 1. The van der Waals surface area contributed by atoms with Crippen molar-refractivity contribution in [1.82, 2.24) is 5.32 Å². The second kappa shape index (κ2) is 5.31. The molecule has 72 valence electrons. The molecular formula is C9H13FN2O. The Morgan fingerprint density at radius 3 is 2.46 bits per heavy atom. The maximum absolute atomic E-state index is 12.9. The van der Waals surface area contributed by atoms with Gasteiger partial charge >= 0.3 is 0 Å². The molecule has 0 saturated carbocycles. The molecular weight excluding hydrogens is 171 g/mol. The molecule has 0 aromatic carbocycles. The van der Waals surface area contributed by atoms with Gasteiger partial charge in [0.05, 0.1) is 6.07 Å². The van der Waals surface area contributed by atoms with Gasteiger partial charge in [0.25, 0.3) is 5.91 Å². The van der Waals surface area contributed by atoms with Crippen molar-refractivity contribution in [1.29, 1.82) is 5.26 Å². The third-order valence-corrected chi connectivity index (χ3v) is 1.51. The minimum atomic E-state index is -0.812. The topological polar surface area (TPSA) is 52.9 Å². The quantitative estimate of drug-likeness (QED) is 0.678. The van der Waals surface area contributed by atoms with E-state index in [-0.39, 0.29) is 0 Å². The summed E-state index contributed by atoms with van der Waals surface area (Å²) in [6.07, 6.45) is 0.471. The monoisotopic (exact) mass is 184 g/mol. The Bertz CT molecular complexity index is 261. The van der Waals surface area contributed by atoms with Gasteiger partial charge in [0.2, 0.25) is 0 Å². The molecule has 0 heterocycles. The second-order valence-corrected chi connectivity index (χ2v) is 2.88. The van der Waals surface area contributed by atoms with Gasteiger partial charge in [0.1, 0.15) is 6.04 Å². The van der Waals surface area contributed by atoms with E-state index in [1.165, 1.54) is 13.8 Å². The van der Waals surface area contributed by atoms with Crippen molar-refractivity contribution in [3.8, 4) is 6.07 Å². The minimum Gasteiger partial charge on any atom is -0.334 e. The Kier molecular flexibility index (Phi) is 4.75. The number of amides is 1. The zero-order valence-electron chi connectivity index (χ0n) is 8.02. The van der Waals surface area contributed by atoms with Gasteiger partial charge in [-0.25, -0.2) is 4.39 Å². The van der Waals surface area contributed by atoms with Gasteiger partial charge in [-0.2, -0.15) is 5.26 Å². The van der Waals surface area contributed by atoms with Crippen LogP contribution in [-0.2, 0) is 4.79 Å². The molecule has 0 spiro atoms. The van der Waals surface area contributed by atoms with Gasteiger partial charge in [0, 0.05) is 0 Å². The number of nitrogens with zero attached hydrogens (tertiary/aromatic N) is 1. The molecule has 0 aliphatic rings. The summed E-state index contributed by atoms with van der Waals surface area (Å²) in [4.78, 5) is 11.0. The first kappa shape index (κ1) is 11.6. The van der Waals surface area contributed by atoms with Crippen LogP contribution in [0.2, 0.25) is 0 Å². The van der Waals surface area contributed by atoms with Crippen molar-refractivity contribution in [2.45, 2.75) is 33.2 Å². The molecule has 0 bridgehead atoms. The van der Waals surface area contributed by atoms with Crippen molar-refractivity contribution in [2.75, 3.05) is 0 Å². The van der Waals surface area contributed by atoms with E-state index < -0.39 is 17.8 Å². The summed E-state index contributed by atoms with van der Waals surface area (Å²) in [5.41, 5.74) is 0.310. The van der Waals surface area contributed by atoms with Crippen LogP contribution in [-0.4, -0.2) is 11.9 Å². The third-order valence-electron chi connectivity index (χ3n) is 1.51. The summed E-state index contributed by atoms with van der Waals surface area (Å²) in [5.74, 6) is -1.62. The van der Waals surface area contributed by atoms with Crippen LogP contribution in [0.25, 0.3) is 0 Å². The van der Waals surface area contributed by atoms with E-state index in [0.717, 1.165) is 0 Å². The molecule has 3 nitrogen and oxygen atoms in total. The highest BCUT2D eigenvalue weighted by atomic mass is 19.1. The molecule has 0 radical (unpaired) electrons. The first-order chi connectivity index (χ1) is 6.02. The van der Waals surface area contributed by atoms with Crippen LogP contribution in [0, 0.1) is 11.3 Å². The molecule has 13 heavy (non-hydrogen) atoms. The zero-order chi connectivity index (χ0) is 10.4. The number of hydrogen-bond donors (Lipinski definition) is 1. The standard InChI is InChI=1S/C9H13FN2O/c1-4-7(5-11)12-9(13)8(10)6(2)3/h7H,4H2,1-3H3,(H,12,13). The predicted molar refractivity (Wildman–Crippen MR) is 47.3 cm³/mol. The molecule has 1 N–H and O–H groups in total. The van der Waals surface area contributed by atoms with E-state index in [9.17, 15) is 9.18 Å². The molecule has 1 amide bonds. The van der Waals surface area contributed by atoms with Crippen LogP contribution < -0.4 is 5.32 Å². The molecule has 0 aromatic heterocycles. The van der Waals surface area contributed by atoms with E-state index in [2.05, 4.69) is 5.32 Å². The van der Waals surface area contributed by atoms with E-state index >= 15 is 0 Å². The molecule has 0 aromatic rings. The maximum atomic E-state index is 12.9. The Hall–Kier alpha value is -1.37. The third kappa shape index (κ3) is 3.70. The van der Waals surface area contributed by atoms with Crippen LogP contribution in [0.15, 0.2) is 11.4 Å². The van der Waals surface area contributed by atoms with Crippen molar-refractivity contribution in [2.24, 2.45) is 0 Å². The Labute approximate surface area is 77.2 Å². The summed E-state index contributed by atoms with van der Waals surface area (Å²) in [6.45, 7) is 4.75. The summed E-state index contributed by atoms with van der Waals surface area (Å²) < 4.78 is 12.9. The minimum absolute atomic E-state index is 0.310. The van der Waals surface area contributed by atoms with Crippen LogP contribution in [0.3, 0.4) is 0 Å². The Morgan fingerprint density at radius 2 is 2.15 bits per heavy atom. The summed E-state index contributed by atoms with van der Waals surface area (Å²) in [5, 5.41) is 10.8. The summed E-state index contributed by atoms with van der Waals surface area (Å²) in [6, 6.07) is 1.24. The van der Waals surface area contributed by atoms with E-state index in [0.29, 0.717) is 12.0 Å². The number of carbonyl (C=O) groups is 1. The van der Waals surface area contributed by atoms with Crippen LogP contribution >= 0.6 is 0 Å². The molecule has 0 aliphatic heterocycles. The van der Waals surface area contributed by atoms with E-state index in [4.69, 9.17) is 5.26 Å². The highest BCUT2D eigenvalue weighted by molar-refractivity contribution is 5.92. The number of allylic oxidation sites excluding steroid dienone is 1. The van der Waals surface area contributed by atoms with Crippen molar-refractivity contribution >= 4 is 5.91 Å². The maximum Gasteiger partial charge on any atom is 0.280 e. The lowest BCUT2D eigenvalue weighted by atomic mass is 10.2. The number of carbonyl (C=O) groups excluding carboxylic acids is 1. The molecule has 1 unspecified atom stereocenters. The Morgan fingerprint density at radius 1 is 1.62 bits per heavy atom. The van der Waals surface area contributed by atoms with Gasteiger partial charge < -0.3 is 5.32 Å². The SMILES string of the molecule is CCC(C#N)NC(=O)C(F)=C(C)C. The van der Waals surface area contributed by atoms with Crippen molar-refractivity contribution in [3.05, 3.63) is 11.4 Å². The van der Waals surface area contributed by atoms with Crippen LogP contribution in [0.1, 0.15) is 27.2 Å². The molecule has 0 saturated heterocycles. The zero-order valence-corrected chi connectivity index (χ0v) is 8.02. The van der Waals surface area contributed by atoms with Crippen molar-refractivity contribution in [3.63, 3.8) is 0 Å². The smallest absolute Gasteiger partial charge is 0.280 e. The summed E-state index contributed by atoms with van der Waals surface area (Å²) in [7, 11) is 0.